The van der Waals surface area contributed by atoms with Crippen molar-refractivity contribution in [3.8, 4) is 0 Å². The predicted molar refractivity (Wildman–Crippen MR) is 84.2 cm³/mol. The lowest BCUT2D eigenvalue weighted by Gasteiger charge is -2.31. The second kappa shape index (κ2) is 8.77. The average molecular weight is 291 g/mol. The Morgan fingerprint density at radius 2 is 2.00 bits per heavy atom. The van der Waals surface area contributed by atoms with Gasteiger partial charge in [-0.3, -0.25) is 9.69 Å². The Labute approximate surface area is 126 Å². The summed E-state index contributed by atoms with van der Waals surface area (Å²) in [4.78, 5) is 14.2. The molecule has 1 aliphatic rings. The van der Waals surface area contributed by atoms with Gasteiger partial charge in [-0.05, 0) is 37.9 Å². The van der Waals surface area contributed by atoms with Crippen molar-refractivity contribution >= 4 is 11.6 Å². The van der Waals surface area contributed by atoms with Gasteiger partial charge >= 0.3 is 0 Å². The van der Waals surface area contributed by atoms with Crippen molar-refractivity contribution in [1.29, 1.82) is 0 Å². The molecule has 1 saturated heterocycles. The predicted octanol–water partition coefficient (Wildman–Crippen LogP) is 1.45. The average Bonchev–Trinajstić information content (AvgIpc) is 2.50. The quantitative estimate of drug-likeness (QED) is 0.746. The van der Waals surface area contributed by atoms with E-state index in [1.807, 2.05) is 30.3 Å². The molecule has 1 fully saturated rings. The smallest absolute Gasteiger partial charge is 0.238 e. The Morgan fingerprint density at radius 3 is 2.67 bits per heavy atom. The fraction of sp³-hybridized carbons (Fsp3) is 0.562. The van der Waals surface area contributed by atoms with Gasteiger partial charge in [0, 0.05) is 25.4 Å². The number of ether oxygens (including phenoxy) is 1. The molecule has 0 bridgehead atoms. The zero-order valence-corrected chi connectivity index (χ0v) is 12.5. The number of carbonyl (C=O) groups excluding carboxylic acids is 1. The lowest BCUT2D eigenvalue weighted by atomic mass is 10.1. The number of hydrogen-bond acceptors (Lipinski definition) is 4. The van der Waals surface area contributed by atoms with Crippen LogP contribution in [0, 0.1) is 0 Å². The van der Waals surface area contributed by atoms with Crippen LogP contribution in [-0.4, -0.2) is 49.7 Å². The molecule has 1 aliphatic heterocycles. The van der Waals surface area contributed by atoms with Gasteiger partial charge in [0.05, 0.1) is 12.6 Å². The van der Waals surface area contributed by atoms with Gasteiger partial charge in [0.1, 0.15) is 0 Å². The lowest BCUT2D eigenvalue weighted by molar-refractivity contribution is -0.118. The topological polar surface area (TPSA) is 67.6 Å². The van der Waals surface area contributed by atoms with Crippen LogP contribution in [0.5, 0.6) is 0 Å². The minimum atomic E-state index is 0.0451. The summed E-state index contributed by atoms with van der Waals surface area (Å²) in [7, 11) is 0. The molecule has 0 radical (unpaired) electrons. The molecule has 1 amide bonds. The van der Waals surface area contributed by atoms with Crippen LogP contribution in [0.2, 0.25) is 0 Å². The maximum Gasteiger partial charge on any atom is 0.238 e. The van der Waals surface area contributed by atoms with E-state index >= 15 is 0 Å². The third kappa shape index (κ3) is 5.83. The van der Waals surface area contributed by atoms with E-state index < -0.39 is 0 Å². The second-order valence-corrected chi connectivity index (χ2v) is 5.40. The molecular weight excluding hydrogens is 266 g/mol. The van der Waals surface area contributed by atoms with Crippen LogP contribution in [0.3, 0.4) is 0 Å². The van der Waals surface area contributed by atoms with Crippen molar-refractivity contribution in [2.45, 2.75) is 25.4 Å². The Balaban J connectivity index is 1.65. The molecule has 1 aromatic carbocycles. The summed E-state index contributed by atoms with van der Waals surface area (Å²) in [5.41, 5.74) is 6.30. The fourth-order valence-electron chi connectivity index (χ4n) is 2.49. The second-order valence-electron chi connectivity index (χ2n) is 5.40. The van der Waals surface area contributed by atoms with Crippen LogP contribution in [-0.2, 0) is 9.53 Å². The van der Waals surface area contributed by atoms with Gasteiger partial charge in [-0.2, -0.15) is 0 Å². The highest BCUT2D eigenvalue weighted by atomic mass is 16.5. The van der Waals surface area contributed by atoms with Gasteiger partial charge in [0.25, 0.3) is 0 Å². The highest BCUT2D eigenvalue weighted by Gasteiger charge is 2.21. The van der Waals surface area contributed by atoms with Crippen LogP contribution in [0.1, 0.15) is 19.3 Å². The van der Waals surface area contributed by atoms with Gasteiger partial charge in [0.15, 0.2) is 0 Å². The summed E-state index contributed by atoms with van der Waals surface area (Å²) in [6.07, 6.45) is 3.22. The number of nitrogens with zero attached hydrogens (tertiary/aromatic N) is 1. The van der Waals surface area contributed by atoms with E-state index in [4.69, 9.17) is 10.5 Å². The number of hydrogen-bond donors (Lipinski definition) is 2. The first-order chi connectivity index (χ1) is 10.3. The van der Waals surface area contributed by atoms with E-state index in [2.05, 4.69) is 10.2 Å². The summed E-state index contributed by atoms with van der Waals surface area (Å²) in [5.74, 6) is 0.0451. The first kappa shape index (κ1) is 15.9. The Bertz CT molecular complexity index is 417. The number of rotatable bonds is 7. The number of anilines is 1. The summed E-state index contributed by atoms with van der Waals surface area (Å²) >= 11 is 0. The van der Waals surface area contributed by atoms with Crippen molar-refractivity contribution < 1.29 is 9.53 Å². The van der Waals surface area contributed by atoms with E-state index in [9.17, 15) is 4.79 Å². The van der Waals surface area contributed by atoms with Crippen molar-refractivity contribution in [2.75, 3.05) is 38.1 Å². The monoisotopic (exact) mass is 291 g/mol. The maximum absolute atomic E-state index is 12.0. The molecule has 5 heteroatoms. The molecule has 5 nitrogen and oxygen atoms in total. The minimum absolute atomic E-state index is 0.0451. The number of amides is 1. The van der Waals surface area contributed by atoms with Crippen LogP contribution in [0.25, 0.3) is 0 Å². The molecule has 0 saturated carbocycles. The first-order valence-electron chi connectivity index (χ1n) is 7.67. The molecule has 0 unspecified atom stereocenters. The molecule has 0 aromatic heterocycles. The number of para-hydroxylation sites is 1. The largest absolute Gasteiger partial charge is 0.378 e. The molecule has 0 spiro atoms. The van der Waals surface area contributed by atoms with Crippen LogP contribution < -0.4 is 11.1 Å². The van der Waals surface area contributed by atoms with Gasteiger partial charge in [0.2, 0.25) is 5.91 Å². The molecule has 2 rings (SSSR count). The molecule has 1 heterocycles. The van der Waals surface area contributed by atoms with E-state index in [0.29, 0.717) is 19.2 Å². The summed E-state index contributed by atoms with van der Waals surface area (Å²) < 4.78 is 5.77. The summed E-state index contributed by atoms with van der Waals surface area (Å²) in [6.45, 7) is 3.70. The highest BCUT2D eigenvalue weighted by molar-refractivity contribution is 5.92. The van der Waals surface area contributed by atoms with Gasteiger partial charge < -0.3 is 15.8 Å². The molecule has 116 valence electrons. The Kier molecular flexibility index (Phi) is 6.66. The third-order valence-corrected chi connectivity index (χ3v) is 3.66. The molecule has 21 heavy (non-hydrogen) atoms. The van der Waals surface area contributed by atoms with Gasteiger partial charge in [-0.25, -0.2) is 0 Å². The van der Waals surface area contributed by atoms with E-state index in [-0.39, 0.29) is 5.91 Å². The SMILES string of the molecule is NCCCOC1CCN(CC(=O)Nc2ccccc2)CC1. The van der Waals surface area contributed by atoms with E-state index in [1.165, 1.54) is 0 Å². The normalized spacial score (nSPS) is 16.8. The van der Waals surface area contributed by atoms with Crippen molar-refractivity contribution in [1.82, 2.24) is 4.90 Å². The number of nitrogens with one attached hydrogen (secondary N) is 1. The van der Waals surface area contributed by atoms with Crippen molar-refractivity contribution in [3.05, 3.63) is 30.3 Å². The first-order valence-corrected chi connectivity index (χ1v) is 7.67. The summed E-state index contributed by atoms with van der Waals surface area (Å²) in [5, 5.41) is 2.92. The zero-order valence-electron chi connectivity index (χ0n) is 12.5. The highest BCUT2D eigenvalue weighted by Crippen LogP contribution is 2.14. The number of carbonyl (C=O) groups is 1. The fourth-order valence-corrected chi connectivity index (χ4v) is 2.49. The number of piperidine rings is 1. The van der Waals surface area contributed by atoms with Gasteiger partial charge in [-0.15, -0.1) is 0 Å². The maximum atomic E-state index is 12.0. The van der Waals surface area contributed by atoms with Gasteiger partial charge in [-0.1, -0.05) is 18.2 Å². The zero-order chi connectivity index (χ0) is 14.9. The van der Waals surface area contributed by atoms with E-state index in [0.717, 1.165) is 44.6 Å². The van der Waals surface area contributed by atoms with Crippen molar-refractivity contribution in [2.24, 2.45) is 5.73 Å². The summed E-state index contributed by atoms with van der Waals surface area (Å²) in [6, 6.07) is 9.56. The van der Waals surface area contributed by atoms with Crippen LogP contribution in [0.4, 0.5) is 5.69 Å². The number of likely N-dealkylation sites (tertiary alicyclic amines) is 1. The Morgan fingerprint density at radius 1 is 1.29 bits per heavy atom. The molecule has 1 aromatic rings. The Hall–Kier alpha value is -1.43. The molecule has 0 aliphatic carbocycles. The third-order valence-electron chi connectivity index (χ3n) is 3.66. The van der Waals surface area contributed by atoms with Crippen molar-refractivity contribution in [3.63, 3.8) is 0 Å². The molecule has 3 N–H and O–H groups in total. The van der Waals surface area contributed by atoms with Crippen LogP contribution >= 0.6 is 0 Å². The standard InChI is InChI=1S/C16H25N3O2/c17-9-4-12-21-15-7-10-19(11-8-15)13-16(20)18-14-5-2-1-3-6-14/h1-3,5-6,15H,4,7-13,17H2,(H,18,20). The van der Waals surface area contributed by atoms with Crippen LogP contribution in [0.15, 0.2) is 30.3 Å². The lowest BCUT2D eigenvalue weighted by Crippen LogP contribution is -2.41. The minimum Gasteiger partial charge on any atom is -0.378 e. The molecule has 0 atom stereocenters. The number of benzene rings is 1. The van der Waals surface area contributed by atoms with E-state index in [1.54, 1.807) is 0 Å². The molecular formula is C16H25N3O2. The number of nitrogens with two attached hydrogens (primary N) is 1.